The fourth-order valence-corrected chi connectivity index (χ4v) is 16.1. The average molecular weight is 915 g/mol. The Bertz CT molecular complexity index is 3700. The highest BCUT2D eigenvalue weighted by atomic mass is 15.1. The summed E-state index contributed by atoms with van der Waals surface area (Å²) in [5.41, 5.74) is 23.5. The van der Waals surface area contributed by atoms with Crippen molar-refractivity contribution in [3.05, 3.63) is 251 Å². The Morgan fingerprint density at radius 1 is 0.380 bits per heavy atom. The monoisotopic (exact) mass is 914 g/mol. The summed E-state index contributed by atoms with van der Waals surface area (Å²) in [7, 11) is 0. The maximum atomic E-state index is 2.68. The summed E-state index contributed by atoms with van der Waals surface area (Å²) in [5, 5.41) is 2.55. The molecular formula is C69H58N2. The van der Waals surface area contributed by atoms with Crippen LogP contribution >= 0.6 is 0 Å². The van der Waals surface area contributed by atoms with E-state index in [-0.39, 0.29) is 10.8 Å². The smallest absolute Gasteiger partial charge is 0.0720 e. The van der Waals surface area contributed by atoms with Gasteiger partial charge in [-0.2, -0.15) is 0 Å². The molecule has 1 heterocycles. The maximum absolute atomic E-state index is 2.68. The molecule has 0 radical (unpaired) electrons. The van der Waals surface area contributed by atoms with Crippen LogP contribution in [0.2, 0.25) is 0 Å². The number of nitrogens with zero attached hydrogens (tertiary/aromatic N) is 2. The minimum Gasteiger partial charge on any atom is -0.310 e. The molecule has 5 aliphatic rings. The number of rotatable bonds is 4. The topological polar surface area (TPSA) is 8.17 Å². The molecule has 0 atom stereocenters. The molecule has 2 heteroatoms. The molecule has 344 valence electrons. The van der Waals surface area contributed by atoms with Gasteiger partial charge in [-0.3, -0.25) is 0 Å². The molecule has 2 fully saturated rings. The third kappa shape index (κ3) is 5.38. The van der Waals surface area contributed by atoms with Crippen molar-refractivity contribution in [1.29, 1.82) is 0 Å². The Kier molecular flexibility index (Phi) is 8.63. The van der Waals surface area contributed by atoms with Crippen molar-refractivity contribution in [2.24, 2.45) is 23.7 Å². The molecule has 5 aliphatic carbocycles. The van der Waals surface area contributed by atoms with Gasteiger partial charge in [0.1, 0.15) is 0 Å². The van der Waals surface area contributed by atoms with Crippen LogP contribution in [0, 0.1) is 23.7 Å². The van der Waals surface area contributed by atoms with Crippen molar-refractivity contribution >= 4 is 38.9 Å². The molecule has 1 aromatic heterocycles. The molecule has 0 amide bonds. The summed E-state index contributed by atoms with van der Waals surface area (Å²) in [6.07, 6.45) is 5.09. The van der Waals surface area contributed by atoms with Crippen molar-refractivity contribution in [1.82, 2.24) is 4.57 Å². The normalized spacial score (nSPS) is 22.4. The lowest BCUT2D eigenvalue weighted by Gasteiger charge is -2.61. The van der Waals surface area contributed by atoms with E-state index in [1.807, 2.05) is 0 Å². The predicted molar refractivity (Wildman–Crippen MR) is 295 cm³/mol. The third-order valence-electron chi connectivity index (χ3n) is 18.6. The van der Waals surface area contributed by atoms with E-state index in [9.17, 15) is 0 Å². The first-order valence-electron chi connectivity index (χ1n) is 26.4. The lowest BCUT2D eigenvalue weighted by Crippen LogP contribution is -2.56. The van der Waals surface area contributed by atoms with Gasteiger partial charge in [0.15, 0.2) is 0 Å². The van der Waals surface area contributed by atoms with Crippen molar-refractivity contribution in [3.63, 3.8) is 0 Å². The quantitative estimate of drug-likeness (QED) is 0.171. The van der Waals surface area contributed by atoms with Crippen LogP contribution in [0.1, 0.15) is 97.9 Å². The number of aromatic nitrogens is 1. The minimum absolute atomic E-state index is 0.0701. The molecule has 9 aromatic carbocycles. The van der Waals surface area contributed by atoms with Gasteiger partial charge in [-0.15, -0.1) is 0 Å². The molecule has 10 aromatic rings. The van der Waals surface area contributed by atoms with Gasteiger partial charge in [0.25, 0.3) is 0 Å². The lowest BCUT2D eigenvalue weighted by molar-refractivity contribution is 0.0238. The zero-order valence-electron chi connectivity index (χ0n) is 41.2. The van der Waals surface area contributed by atoms with Crippen molar-refractivity contribution in [3.8, 4) is 27.9 Å². The first-order chi connectivity index (χ1) is 34.8. The molecular weight excluding hydrogens is 857 g/mol. The summed E-state index contributed by atoms with van der Waals surface area (Å²) in [4.78, 5) is 2.58. The van der Waals surface area contributed by atoms with Gasteiger partial charge >= 0.3 is 0 Å². The number of hydrogen-bond acceptors (Lipinski definition) is 1. The maximum Gasteiger partial charge on any atom is 0.0720 e. The van der Waals surface area contributed by atoms with Crippen LogP contribution < -0.4 is 4.90 Å². The molecule has 0 saturated heterocycles. The number of hydrogen-bond donors (Lipinski definition) is 0. The van der Waals surface area contributed by atoms with E-state index < -0.39 is 5.41 Å². The predicted octanol–water partition coefficient (Wildman–Crippen LogP) is 17.6. The Morgan fingerprint density at radius 3 is 1.39 bits per heavy atom. The molecule has 2 spiro atoms. The van der Waals surface area contributed by atoms with Gasteiger partial charge in [0.05, 0.1) is 16.4 Å². The van der Waals surface area contributed by atoms with Gasteiger partial charge in [-0.25, -0.2) is 0 Å². The highest BCUT2D eigenvalue weighted by Crippen LogP contribution is 2.69. The Labute approximate surface area is 418 Å². The Morgan fingerprint density at radius 2 is 0.803 bits per heavy atom. The SMILES string of the molecule is CC1CC2CC(C)CC(C1)C21c2ccccc2C2(c3ccccc3-c3ccccc32)c2cc(N(c3ccc(-n4c5ccccc5c5ccccc54)cc3)c3ccc4c(c3)C(C)(C)c3ccccc3-4)ccc21. The van der Waals surface area contributed by atoms with E-state index in [0.29, 0.717) is 11.8 Å². The summed E-state index contributed by atoms with van der Waals surface area (Å²) in [5.74, 6) is 2.58. The lowest BCUT2D eigenvalue weighted by atomic mass is 9.41. The van der Waals surface area contributed by atoms with Crippen LogP contribution in [0.25, 0.3) is 49.7 Å². The Balaban J connectivity index is 1.01. The van der Waals surface area contributed by atoms with Crippen molar-refractivity contribution in [2.75, 3.05) is 4.90 Å². The summed E-state index contributed by atoms with van der Waals surface area (Å²) in [6.45, 7) is 9.88. The van der Waals surface area contributed by atoms with E-state index in [4.69, 9.17) is 0 Å². The number of benzene rings is 9. The molecule has 15 rings (SSSR count). The highest BCUT2D eigenvalue weighted by Gasteiger charge is 2.62. The van der Waals surface area contributed by atoms with Crippen molar-refractivity contribution < 1.29 is 0 Å². The van der Waals surface area contributed by atoms with Crippen LogP contribution in [-0.4, -0.2) is 4.57 Å². The van der Waals surface area contributed by atoms with Crippen LogP contribution in [-0.2, 0) is 16.2 Å². The van der Waals surface area contributed by atoms with Gasteiger partial charge in [-0.05, 0) is 177 Å². The summed E-state index contributed by atoms with van der Waals surface area (Å²) < 4.78 is 2.44. The van der Waals surface area contributed by atoms with E-state index >= 15 is 0 Å². The van der Waals surface area contributed by atoms with Gasteiger partial charge in [0, 0.05) is 44.4 Å². The second-order valence-corrected chi connectivity index (χ2v) is 22.7. The van der Waals surface area contributed by atoms with Crippen molar-refractivity contribution in [2.45, 2.75) is 69.6 Å². The average Bonchev–Trinajstić information content (AvgIpc) is 3.97. The standard InChI is InChI=1S/C69H58N2/c1-43-37-45-39-44(2)40-46(38-43)68(45)60-25-13-14-26-61(60)69(58-23-11-6-18-52(58)53-19-7-12-24-59(53)69)64-42-50(34-36-62(64)68)70(49-33-35-54-51-17-5-10-22-57(51)67(3,4)63(54)41-49)47-29-31-48(32-30-47)71-65-27-15-8-20-55(65)56-21-9-16-28-66(56)71/h5-36,41-46H,37-40H2,1-4H3. The first kappa shape index (κ1) is 41.4. The highest BCUT2D eigenvalue weighted by molar-refractivity contribution is 6.09. The largest absolute Gasteiger partial charge is 0.310 e. The molecule has 0 unspecified atom stereocenters. The number of anilines is 3. The van der Waals surface area contributed by atoms with Gasteiger partial charge in [-0.1, -0.05) is 173 Å². The minimum atomic E-state index is -0.489. The summed E-state index contributed by atoms with van der Waals surface area (Å²) >= 11 is 0. The molecule has 2 nitrogen and oxygen atoms in total. The second-order valence-electron chi connectivity index (χ2n) is 22.7. The first-order valence-corrected chi connectivity index (χ1v) is 26.4. The number of fused-ring (bicyclic) bond motifs is 15. The van der Waals surface area contributed by atoms with E-state index in [2.05, 4.69) is 243 Å². The zero-order chi connectivity index (χ0) is 47.4. The van der Waals surface area contributed by atoms with E-state index in [1.54, 1.807) is 11.1 Å². The molecule has 71 heavy (non-hydrogen) atoms. The Hall–Kier alpha value is -7.42. The van der Waals surface area contributed by atoms with Gasteiger partial charge < -0.3 is 9.47 Å². The van der Waals surface area contributed by atoms with E-state index in [0.717, 1.165) is 23.2 Å². The molecule has 2 bridgehead atoms. The zero-order valence-corrected chi connectivity index (χ0v) is 41.2. The molecule has 2 saturated carbocycles. The molecule has 0 N–H and O–H groups in total. The molecule has 0 aliphatic heterocycles. The van der Waals surface area contributed by atoms with Crippen LogP contribution in [0.15, 0.2) is 206 Å². The number of para-hydroxylation sites is 2. The van der Waals surface area contributed by atoms with Crippen LogP contribution in [0.3, 0.4) is 0 Å². The second kappa shape index (κ2) is 14.8. The fourth-order valence-electron chi connectivity index (χ4n) is 16.1. The van der Waals surface area contributed by atoms with E-state index in [1.165, 1.54) is 114 Å². The van der Waals surface area contributed by atoms with Crippen LogP contribution in [0.4, 0.5) is 17.1 Å². The summed E-state index contributed by atoms with van der Waals surface area (Å²) in [6, 6.07) is 79.8. The fraction of sp³-hybridized carbons (Fsp3) is 0.217. The van der Waals surface area contributed by atoms with Gasteiger partial charge in [0.2, 0.25) is 0 Å². The third-order valence-corrected chi connectivity index (χ3v) is 18.6. The van der Waals surface area contributed by atoms with Crippen LogP contribution in [0.5, 0.6) is 0 Å².